The number of phenolic OH excluding ortho intramolecular Hbond substituents is 1. The van der Waals surface area contributed by atoms with Gasteiger partial charge < -0.3 is 10.0 Å². The lowest BCUT2D eigenvalue weighted by Crippen LogP contribution is -2.36. The highest BCUT2D eigenvalue weighted by Gasteiger charge is 2.31. The van der Waals surface area contributed by atoms with E-state index in [1.54, 1.807) is 6.07 Å². The van der Waals surface area contributed by atoms with Crippen molar-refractivity contribution in [2.45, 2.75) is 65.0 Å². The molecular weight excluding hydrogens is 386 g/mol. The van der Waals surface area contributed by atoms with Crippen LogP contribution in [0.25, 0.3) is 0 Å². The number of hydrogen-bond acceptors (Lipinski definition) is 3. The topological polar surface area (TPSA) is 58.4 Å². The quantitative estimate of drug-likeness (QED) is 0.585. The zero-order chi connectivity index (χ0) is 22.0. The summed E-state index contributed by atoms with van der Waals surface area (Å²) in [4.78, 5) is 15.8. The third-order valence-electron chi connectivity index (χ3n) is 6.23. The summed E-state index contributed by atoms with van der Waals surface area (Å²) in [6, 6.07) is 13.8. The van der Waals surface area contributed by atoms with Crippen molar-refractivity contribution in [1.29, 1.82) is 0 Å². The summed E-state index contributed by atoms with van der Waals surface area (Å²) in [6.07, 6.45) is 6.53. The van der Waals surface area contributed by atoms with Crippen LogP contribution in [0.3, 0.4) is 0 Å². The molecule has 5 heteroatoms. The van der Waals surface area contributed by atoms with Crippen molar-refractivity contribution in [2.75, 3.05) is 4.90 Å². The molecule has 0 saturated heterocycles. The number of nitrogens with zero attached hydrogens (tertiary/aromatic N) is 3. The average Bonchev–Trinajstić information content (AvgIpc) is 3.24. The second-order valence-electron chi connectivity index (χ2n) is 8.70. The van der Waals surface area contributed by atoms with Crippen LogP contribution in [0.4, 0.5) is 5.69 Å². The van der Waals surface area contributed by atoms with E-state index in [9.17, 15) is 9.90 Å². The summed E-state index contributed by atoms with van der Waals surface area (Å²) in [5.41, 5.74) is 5.31. The fourth-order valence-electron chi connectivity index (χ4n) is 4.42. The summed E-state index contributed by atoms with van der Waals surface area (Å²) in [6.45, 7) is 7.69. The van der Waals surface area contributed by atoms with E-state index in [0.717, 1.165) is 48.2 Å². The van der Waals surface area contributed by atoms with Gasteiger partial charge in [0.25, 0.3) is 0 Å². The highest BCUT2D eigenvalue weighted by atomic mass is 16.3. The average molecular weight is 418 g/mol. The zero-order valence-electron chi connectivity index (χ0n) is 18.6. The van der Waals surface area contributed by atoms with Crippen LogP contribution >= 0.6 is 0 Å². The number of aromatic nitrogens is 2. The highest BCUT2D eigenvalue weighted by molar-refractivity contribution is 5.98. The second-order valence-corrected chi connectivity index (χ2v) is 8.70. The Morgan fingerprint density at radius 2 is 2.00 bits per heavy atom. The Morgan fingerprint density at radius 3 is 2.68 bits per heavy atom. The zero-order valence-corrected chi connectivity index (χ0v) is 18.6. The van der Waals surface area contributed by atoms with E-state index in [0.29, 0.717) is 12.5 Å². The van der Waals surface area contributed by atoms with Gasteiger partial charge in [-0.1, -0.05) is 32.0 Å². The molecule has 1 atom stereocenters. The van der Waals surface area contributed by atoms with Crippen LogP contribution in [0.1, 0.15) is 67.7 Å². The number of benzene rings is 2. The van der Waals surface area contributed by atoms with Gasteiger partial charge in [-0.15, -0.1) is 0 Å². The Balaban J connectivity index is 1.69. The van der Waals surface area contributed by atoms with Gasteiger partial charge in [-0.2, -0.15) is 5.10 Å². The maximum atomic E-state index is 13.9. The van der Waals surface area contributed by atoms with E-state index in [4.69, 9.17) is 0 Å². The molecule has 0 aliphatic heterocycles. The predicted molar refractivity (Wildman–Crippen MR) is 123 cm³/mol. The van der Waals surface area contributed by atoms with Crippen LogP contribution in [0.15, 0.2) is 54.9 Å². The molecule has 0 radical (unpaired) electrons. The number of hydrogen-bond donors (Lipinski definition) is 1. The third kappa shape index (κ3) is 4.50. The first-order valence-electron chi connectivity index (χ1n) is 11.2. The van der Waals surface area contributed by atoms with Gasteiger partial charge in [-0.3, -0.25) is 9.48 Å². The molecule has 31 heavy (non-hydrogen) atoms. The second kappa shape index (κ2) is 8.96. The highest BCUT2D eigenvalue weighted by Crippen LogP contribution is 2.36. The molecule has 0 fully saturated rings. The Morgan fingerprint density at radius 1 is 1.23 bits per heavy atom. The molecule has 1 N–H and O–H groups in total. The smallest absolute Gasteiger partial charge is 0.234 e. The minimum Gasteiger partial charge on any atom is -0.508 e. The van der Waals surface area contributed by atoms with Gasteiger partial charge in [0.2, 0.25) is 5.91 Å². The van der Waals surface area contributed by atoms with Crippen LogP contribution < -0.4 is 4.90 Å². The van der Waals surface area contributed by atoms with E-state index in [1.807, 2.05) is 34.1 Å². The number of rotatable bonds is 6. The number of amides is 1. The van der Waals surface area contributed by atoms with E-state index in [1.165, 1.54) is 5.56 Å². The lowest BCUT2D eigenvalue weighted by molar-refractivity contribution is -0.120. The molecule has 4 rings (SSSR count). The number of aryl methyl sites for hydroxylation is 2. The summed E-state index contributed by atoms with van der Waals surface area (Å²) in [5.74, 6) is 0.613. The van der Waals surface area contributed by atoms with Gasteiger partial charge in [-0.05, 0) is 73.1 Å². The van der Waals surface area contributed by atoms with Crippen molar-refractivity contribution < 1.29 is 9.90 Å². The molecule has 0 spiro atoms. The van der Waals surface area contributed by atoms with Crippen LogP contribution in [0, 0.1) is 0 Å². The number of carbonyl (C=O) groups is 1. The molecule has 1 amide bonds. The maximum Gasteiger partial charge on any atom is 0.234 e. The molecule has 0 bridgehead atoms. The van der Waals surface area contributed by atoms with E-state index < -0.39 is 0 Å². The van der Waals surface area contributed by atoms with Gasteiger partial charge >= 0.3 is 0 Å². The van der Waals surface area contributed by atoms with Crippen LogP contribution in [-0.4, -0.2) is 20.8 Å². The third-order valence-corrected chi connectivity index (χ3v) is 6.23. The molecule has 5 nitrogen and oxygen atoms in total. The maximum absolute atomic E-state index is 13.9. The van der Waals surface area contributed by atoms with Crippen molar-refractivity contribution in [3.05, 3.63) is 77.1 Å². The number of anilines is 1. The monoisotopic (exact) mass is 417 g/mol. The fraction of sp³-hybridized carbons (Fsp3) is 0.385. The molecule has 2 aromatic carbocycles. The van der Waals surface area contributed by atoms with Crippen molar-refractivity contribution in [2.24, 2.45) is 0 Å². The van der Waals surface area contributed by atoms with Crippen molar-refractivity contribution in [3.8, 4) is 5.75 Å². The first kappa shape index (κ1) is 21.2. The predicted octanol–water partition coefficient (Wildman–Crippen LogP) is 5.39. The molecule has 1 aliphatic carbocycles. The molecule has 3 aromatic rings. The molecule has 1 aliphatic rings. The van der Waals surface area contributed by atoms with Crippen LogP contribution in [0.2, 0.25) is 0 Å². The fourth-order valence-corrected chi connectivity index (χ4v) is 4.42. The van der Waals surface area contributed by atoms with Crippen LogP contribution in [0.5, 0.6) is 5.75 Å². The first-order valence-corrected chi connectivity index (χ1v) is 11.2. The van der Waals surface area contributed by atoms with Gasteiger partial charge in [0.15, 0.2) is 0 Å². The Labute approximate surface area is 184 Å². The van der Waals surface area contributed by atoms with Gasteiger partial charge in [0.05, 0.1) is 18.7 Å². The molecule has 162 valence electrons. The lowest BCUT2D eigenvalue weighted by Gasteiger charge is -2.31. The molecule has 1 heterocycles. The first-order chi connectivity index (χ1) is 15.0. The molecule has 0 saturated carbocycles. The summed E-state index contributed by atoms with van der Waals surface area (Å²) < 4.78 is 1.89. The molecule has 1 unspecified atom stereocenters. The lowest BCUT2D eigenvalue weighted by atomic mass is 9.81. The summed E-state index contributed by atoms with van der Waals surface area (Å²) in [5, 5.41) is 14.3. The molecular formula is C26H31N3O2. The van der Waals surface area contributed by atoms with Gasteiger partial charge in [-0.25, -0.2) is 0 Å². The van der Waals surface area contributed by atoms with Gasteiger partial charge in [0, 0.05) is 24.0 Å². The Hall–Kier alpha value is -3.08. The normalized spacial score (nSPS) is 15.7. The number of phenols is 1. The minimum absolute atomic E-state index is 0.105. The van der Waals surface area contributed by atoms with Crippen molar-refractivity contribution in [3.63, 3.8) is 0 Å². The van der Waals surface area contributed by atoms with E-state index in [2.05, 4.69) is 50.1 Å². The summed E-state index contributed by atoms with van der Waals surface area (Å²) >= 11 is 0. The molecule has 1 aromatic heterocycles. The number of fused-ring (bicyclic) bond motifs is 1. The SMILES string of the molecule is CCn1cc(CN(C(=O)C2CCCc3cc(O)ccc32)c2ccc(C(C)C)cc2)cn1. The van der Waals surface area contributed by atoms with E-state index in [-0.39, 0.29) is 17.6 Å². The standard InChI is InChI=1S/C26H31N3O2/c1-4-28-16-19(15-27-28)17-29(22-10-8-20(9-11-22)18(2)3)26(31)25-7-5-6-21-14-23(30)12-13-24(21)25/h8-16,18,25,30H,4-7,17H2,1-3H3. The van der Waals surface area contributed by atoms with Crippen molar-refractivity contribution in [1.82, 2.24) is 9.78 Å². The minimum atomic E-state index is -0.199. The van der Waals surface area contributed by atoms with Gasteiger partial charge in [0.1, 0.15) is 5.75 Å². The largest absolute Gasteiger partial charge is 0.508 e. The van der Waals surface area contributed by atoms with Crippen molar-refractivity contribution >= 4 is 11.6 Å². The van der Waals surface area contributed by atoms with E-state index >= 15 is 0 Å². The summed E-state index contributed by atoms with van der Waals surface area (Å²) in [7, 11) is 0. The Kier molecular flexibility index (Phi) is 6.12. The Bertz CT molecular complexity index is 1050. The van der Waals surface area contributed by atoms with Crippen LogP contribution in [-0.2, 0) is 24.3 Å². The number of aromatic hydroxyl groups is 1. The number of carbonyl (C=O) groups excluding carboxylic acids is 1.